The Morgan fingerprint density at radius 2 is 1.96 bits per heavy atom. The molecule has 6 heteroatoms. The molecule has 0 aliphatic rings. The molecule has 2 aromatic carbocycles. The van der Waals surface area contributed by atoms with E-state index in [2.05, 4.69) is 18.8 Å². The molecule has 0 fully saturated rings. The Morgan fingerprint density at radius 1 is 1.23 bits per heavy atom. The smallest absolute Gasteiger partial charge is 0.279 e. The maximum atomic E-state index is 12.6. The van der Waals surface area contributed by atoms with Crippen molar-refractivity contribution in [3.05, 3.63) is 52.8 Å². The second-order valence-electron chi connectivity index (χ2n) is 6.09. The summed E-state index contributed by atoms with van der Waals surface area (Å²) >= 11 is 3.27. The molecule has 0 unspecified atom stereocenters. The molecule has 3 rings (SSSR count). The highest BCUT2D eigenvalue weighted by atomic mass is 32.2. The van der Waals surface area contributed by atoms with Crippen LogP contribution in [0, 0.1) is 0 Å². The maximum Gasteiger partial charge on any atom is 0.279 e. The molecule has 136 valence electrons. The van der Waals surface area contributed by atoms with Gasteiger partial charge in [-0.05, 0) is 43.3 Å². The summed E-state index contributed by atoms with van der Waals surface area (Å²) in [6.45, 7) is 6.86. The fraction of sp³-hybridized carbons (Fsp3) is 0.300. The molecule has 0 aliphatic carbocycles. The molecule has 0 bridgehead atoms. The standard InChI is InChI=1S/C20H22N2O2S2/c1-5-24-16-7-6-8-17-18(16)22(4)20(26-17)21-19(23)14-9-11-15(12-10-14)25-13(2)3/h6-13H,5H2,1-4H3. The molecule has 1 amide bonds. The van der Waals surface area contributed by atoms with Gasteiger partial charge in [-0.2, -0.15) is 4.99 Å². The number of amides is 1. The predicted octanol–water partition coefficient (Wildman–Crippen LogP) is 4.88. The largest absolute Gasteiger partial charge is 0.492 e. The van der Waals surface area contributed by atoms with Crippen molar-refractivity contribution in [3.8, 4) is 5.75 Å². The molecule has 0 spiro atoms. The van der Waals surface area contributed by atoms with Crippen molar-refractivity contribution in [3.63, 3.8) is 0 Å². The molecular weight excluding hydrogens is 364 g/mol. The second-order valence-corrected chi connectivity index (χ2v) is 8.75. The van der Waals surface area contributed by atoms with E-state index in [1.54, 1.807) is 11.8 Å². The van der Waals surface area contributed by atoms with E-state index in [1.165, 1.54) is 11.3 Å². The van der Waals surface area contributed by atoms with Crippen LogP contribution >= 0.6 is 23.1 Å². The number of rotatable bonds is 5. The van der Waals surface area contributed by atoms with Crippen LogP contribution in [-0.4, -0.2) is 22.3 Å². The molecule has 0 atom stereocenters. The van der Waals surface area contributed by atoms with Crippen molar-refractivity contribution < 1.29 is 9.53 Å². The molecule has 3 aromatic rings. The molecule has 0 saturated carbocycles. The minimum atomic E-state index is -0.230. The molecule has 0 aliphatic heterocycles. The summed E-state index contributed by atoms with van der Waals surface area (Å²) in [5.74, 6) is 0.582. The van der Waals surface area contributed by atoms with Crippen molar-refractivity contribution in [2.75, 3.05) is 6.61 Å². The fourth-order valence-electron chi connectivity index (χ4n) is 2.65. The van der Waals surface area contributed by atoms with E-state index in [1.807, 2.05) is 61.0 Å². The number of thiazole rings is 1. The zero-order valence-electron chi connectivity index (χ0n) is 15.4. The van der Waals surface area contributed by atoms with Crippen molar-refractivity contribution in [1.29, 1.82) is 0 Å². The Hall–Kier alpha value is -2.05. The van der Waals surface area contributed by atoms with Crippen LogP contribution in [-0.2, 0) is 7.05 Å². The molecule has 0 saturated heterocycles. The van der Waals surface area contributed by atoms with E-state index in [9.17, 15) is 4.79 Å². The lowest BCUT2D eigenvalue weighted by atomic mass is 10.2. The Morgan fingerprint density at radius 3 is 2.62 bits per heavy atom. The molecule has 4 nitrogen and oxygen atoms in total. The van der Waals surface area contributed by atoms with Gasteiger partial charge in [0.15, 0.2) is 4.80 Å². The van der Waals surface area contributed by atoms with Gasteiger partial charge in [0.25, 0.3) is 5.91 Å². The number of benzene rings is 2. The van der Waals surface area contributed by atoms with Crippen molar-refractivity contribution in [2.45, 2.75) is 30.9 Å². The molecule has 0 N–H and O–H groups in total. The molecule has 26 heavy (non-hydrogen) atoms. The highest BCUT2D eigenvalue weighted by Crippen LogP contribution is 2.27. The highest BCUT2D eigenvalue weighted by Gasteiger charge is 2.11. The van der Waals surface area contributed by atoms with Gasteiger partial charge >= 0.3 is 0 Å². The Bertz CT molecular complexity index is 985. The third-order valence-electron chi connectivity index (χ3n) is 3.76. The van der Waals surface area contributed by atoms with Crippen LogP contribution < -0.4 is 9.54 Å². The first kappa shape index (κ1) is 18.7. The van der Waals surface area contributed by atoms with Crippen LogP contribution in [0.4, 0.5) is 0 Å². The van der Waals surface area contributed by atoms with E-state index < -0.39 is 0 Å². The summed E-state index contributed by atoms with van der Waals surface area (Å²) in [6.07, 6.45) is 0. The van der Waals surface area contributed by atoms with Crippen molar-refractivity contribution >= 4 is 39.2 Å². The number of para-hydroxylation sites is 1. The number of thioether (sulfide) groups is 1. The Balaban J connectivity index is 1.95. The van der Waals surface area contributed by atoms with Gasteiger partial charge in [-0.1, -0.05) is 31.3 Å². The number of fused-ring (bicyclic) bond motifs is 1. The lowest BCUT2D eigenvalue weighted by Gasteiger charge is -2.06. The summed E-state index contributed by atoms with van der Waals surface area (Å²) < 4.78 is 8.68. The third-order valence-corrected chi connectivity index (χ3v) is 5.87. The van der Waals surface area contributed by atoms with Gasteiger partial charge in [0, 0.05) is 22.8 Å². The van der Waals surface area contributed by atoms with Crippen LogP contribution in [0.3, 0.4) is 0 Å². The maximum absolute atomic E-state index is 12.6. The van der Waals surface area contributed by atoms with E-state index in [-0.39, 0.29) is 5.91 Å². The Kier molecular flexibility index (Phi) is 5.84. The molecule has 1 aromatic heterocycles. The van der Waals surface area contributed by atoms with Gasteiger partial charge in [-0.25, -0.2) is 0 Å². The van der Waals surface area contributed by atoms with Crippen LogP contribution in [0.2, 0.25) is 0 Å². The van der Waals surface area contributed by atoms with Crippen LogP contribution in [0.15, 0.2) is 52.4 Å². The quantitative estimate of drug-likeness (QED) is 0.587. The van der Waals surface area contributed by atoms with E-state index in [0.717, 1.165) is 20.9 Å². The van der Waals surface area contributed by atoms with Gasteiger partial charge in [0.2, 0.25) is 0 Å². The van der Waals surface area contributed by atoms with E-state index in [0.29, 0.717) is 22.2 Å². The first-order chi connectivity index (χ1) is 12.5. The average Bonchev–Trinajstić information content (AvgIpc) is 2.92. The number of aryl methyl sites for hydroxylation is 1. The number of hydrogen-bond donors (Lipinski definition) is 0. The SMILES string of the molecule is CCOc1cccc2sc(=NC(=O)c3ccc(SC(C)C)cc3)n(C)c12. The predicted molar refractivity (Wildman–Crippen MR) is 109 cm³/mol. The lowest BCUT2D eigenvalue weighted by Crippen LogP contribution is -2.13. The topological polar surface area (TPSA) is 43.6 Å². The summed E-state index contributed by atoms with van der Waals surface area (Å²) in [7, 11) is 1.91. The normalized spacial score (nSPS) is 12.1. The zero-order chi connectivity index (χ0) is 18.7. The summed E-state index contributed by atoms with van der Waals surface area (Å²) in [5.41, 5.74) is 1.56. The van der Waals surface area contributed by atoms with Gasteiger partial charge in [0.1, 0.15) is 11.3 Å². The zero-order valence-corrected chi connectivity index (χ0v) is 17.0. The monoisotopic (exact) mass is 386 g/mol. The summed E-state index contributed by atoms with van der Waals surface area (Å²) in [6, 6.07) is 13.6. The number of ether oxygens (including phenoxy) is 1. The number of aromatic nitrogens is 1. The van der Waals surface area contributed by atoms with Crippen LogP contribution in [0.25, 0.3) is 10.2 Å². The average molecular weight is 387 g/mol. The van der Waals surface area contributed by atoms with Gasteiger partial charge in [-0.15, -0.1) is 11.8 Å². The lowest BCUT2D eigenvalue weighted by molar-refractivity contribution is 0.0998. The van der Waals surface area contributed by atoms with E-state index in [4.69, 9.17) is 4.74 Å². The van der Waals surface area contributed by atoms with Gasteiger partial charge in [0.05, 0.1) is 11.3 Å². The third kappa shape index (κ3) is 4.02. The molecule has 1 heterocycles. The molecular formula is C20H22N2O2S2. The Labute approximate surface area is 161 Å². The van der Waals surface area contributed by atoms with Gasteiger partial charge in [-0.3, -0.25) is 4.79 Å². The van der Waals surface area contributed by atoms with Gasteiger partial charge < -0.3 is 9.30 Å². The van der Waals surface area contributed by atoms with Crippen LogP contribution in [0.5, 0.6) is 5.75 Å². The van der Waals surface area contributed by atoms with Crippen molar-refractivity contribution in [1.82, 2.24) is 4.57 Å². The van der Waals surface area contributed by atoms with Crippen LogP contribution in [0.1, 0.15) is 31.1 Å². The summed E-state index contributed by atoms with van der Waals surface area (Å²) in [5, 5.41) is 0.512. The number of carbonyl (C=O) groups excluding carboxylic acids is 1. The summed E-state index contributed by atoms with van der Waals surface area (Å²) in [4.78, 5) is 18.7. The fourth-order valence-corrected chi connectivity index (χ4v) is 4.52. The second kappa shape index (κ2) is 8.10. The van der Waals surface area contributed by atoms with E-state index >= 15 is 0 Å². The number of nitrogens with zero attached hydrogens (tertiary/aromatic N) is 2. The first-order valence-electron chi connectivity index (χ1n) is 8.56. The number of carbonyl (C=O) groups is 1. The number of hydrogen-bond acceptors (Lipinski definition) is 4. The minimum Gasteiger partial charge on any atom is -0.492 e. The first-order valence-corrected chi connectivity index (χ1v) is 10.3. The minimum absolute atomic E-state index is 0.230. The van der Waals surface area contributed by atoms with Crippen molar-refractivity contribution in [2.24, 2.45) is 12.0 Å². The highest BCUT2D eigenvalue weighted by molar-refractivity contribution is 7.99. The molecule has 0 radical (unpaired) electrons.